The first kappa shape index (κ1) is 8.11. The molecule has 2 aromatic rings. The number of rotatable bonds is 2. The fourth-order valence-corrected chi connectivity index (χ4v) is 1.38. The highest BCUT2D eigenvalue weighted by Gasteiger charge is 2.03. The molecular weight excluding hydrogens is 190 g/mol. The Bertz CT molecular complexity index is 442. The van der Waals surface area contributed by atoms with Gasteiger partial charge in [-0.3, -0.25) is 4.57 Å². The monoisotopic (exact) mass is 197 g/mol. The lowest BCUT2D eigenvalue weighted by Crippen LogP contribution is -2.23. The molecule has 0 N–H and O–H groups in total. The molecule has 0 bridgehead atoms. The molecule has 0 amide bonds. The number of hydrogen-bond donors (Lipinski definition) is 0. The highest BCUT2D eigenvalue weighted by atomic mass is 32.1. The van der Waals surface area contributed by atoms with E-state index in [1.807, 2.05) is 0 Å². The molecular formula is C6H7N5OS. The minimum Gasteiger partial charge on any atom is -0.285 e. The maximum atomic E-state index is 11.3. The van der Waals surface area contributed by atoms with Crippen molar-refractivity contribution >= 4 is 11.5 Å². The van der Waals surface area contributed by atoms with E-state index in [9.17, 15) is 4.79 Å². The van der Waals surface area contributed by atoms with Crippen LogP contribution in [0.4, 0.5) is 0 Å². The predicted molar refractivity (Wildman–Crippen MR) is 46.5 cm³/mol. The van der Waals surface area contributed by atoms with Gasteiger partial charge in [0.05, 0.1) is 12.2 Å². The quantitative estimate of drug-likeness (QED) is 0.650. The van der Waals surface area contributed by atoms with E-state index < -0.39 is 0 Å². The summed E-state index contributed by atoms with van der Waals surface area (Å²) in [5.41, 5.74) is 0.610. The molecule has 0 aliphatic carbocycles. The fraction of sp³-hybridized carbons (Fsp3) is 0.333. The van der Waals surface area contributed by atoms with Crippen LogP contribution in [0.3, 0.4) is 0 Å². The van der Waals surface area contributed by atoms with Crippen LogP contribution in [0.15, 0.2) is 16.5 Å². The summed E-state index contributed by atoms with van der Waals surface area (Å²) in [6, 6.07) is 0. The largest absolute Gasteiger partial charge is 0.345 e. The molecule has 0 aromatic carbocycles. The standard InChI is InChI=1S/C6H7N5OS/c1-10-4-7-11(6(10)12)2-5-3-13-9-8-5/h3-4H,2H2,1H3. The lowest BCUT2D eigenvalue weighted by molar-refractivity contribution is 0.634. The van der Waals surface area contributed by atoms with Crippen LogP contribution in [-0.2, 0) is 13.6 Å². The van der Waals surface area contributed by atoms with Crippen molar-refractivity contribution in [3.05, 3.63) is 27.9 Å². The van der Waals surface area contributed by atoms with E-state index in [1.165, 1.54) is 27.1 Å². The molecule has 0 saturated heterocycles. The van der Waals surface area contributed by atoms with Gasteiger partial charge in [-0.05, 0) is 11.5 Å². The first-order valence-corrected chi connectivity index (χ1v) is 4.45. The van der Waals surface area contributed by atoms with Gasteiger partial charge in [0.15, 0.2) is 0 Å². The maximum Gasteiger partial charge on any atom is 0.345 e. The third kappa shape index (κ3) is 1.50. The summed E-state index contributed by atoms with van der Waals surface area (Å²) >= 11 is 1.26. The highest BCUT2D eigenvalue weighted by Crippen LogP contribution is 1.97. The Kier molecular flexibility index (Phi) is 1.93. The van der Waals surface area contributed by atoms with Gasteiger partial charge in [0.25, 0.3) is 0 Å². The molecule has 0 radical (unpaired) electrons. The molecule has 0 aliphatic rings. The van der Waals surface area contributed by atoms with Crippen molar-refractivity contribution in [2.75, 3.05) is 0 Å². The molecule has 2 aromatic heterocycles. The van der Waals surface area contributed by atoms with Crippen LogP contribution in [0, 0.1) is 0 Å². The Labute approximate surface area is 77.6 Å². The Morgan fingerprint density at radius 3 is 3.00 bits per heavy atom. The van der Waals surface area contributed by atoms with Crippen LogP contribution in [0.25, 0.3) is 0 Å². The summed E-state index contributed by atoms with van der Waals surface area (Å²) < 4.78 is 6.46. The summed E-state index contributed by atoms with van der Waals surface area (Å²) in [6.45, 7) is 0.385. The van der Waals surface area contributed by atoms with Gasteiger partial charge in [-0.2, -0.15) is 5.10 Å². The Morgan fingerprint density at radius 2 is 2.46 bits per heavy atom. The second-order valence-corrected chi connectivity index (χ2v) is 3.19. The Morgan fingerprint density at radius 1 is 1.62 bits per heavy atom. The molecule has 0 fully saturated rings. The lowest BCUT2D eigenvalue weighted by atomic mass is 10.5. The van der Waals surface area contributed by atoms with Gasteiger partial charge >= 0.3 is 5.69 Å². The van der Waals surface area contributed by atoms with Gasteiger partial charge in [0.1, 0.15) is 6.33 Å². The minimum atomic E-state index is -0.145. The zero-order chi connectivity index (χ0) is 9.26. The smallest absolute Gasteiger partial charge is 0.285 e. The molecule has 0 unspecified atom stereocenters. The van der Waals surface area contributed by atoms with Gasteiger partial charge in [0.2, 0.25) is 0 Å². The van der Waals surface area contributed by atoms with E-state index in [1.54, 1.807) is 12.4 Å². The van der Waals surface area contributed by atoms with Crippen LogP contribution < -0.4 is 5.69 Å². The van der Waals surface area contributed by atoms with E-state index in [2.05, 4.69) is 14.7 Å². The van der Waals surface area contributed by atoms with Crippen molar-refractivity contribution in [1.82, 2.24) is 23.9 Å². The second kappa shape index (κ2) is 3.09. The van der Waals surface area contributed by atoms with Crippen molar-refractivity contribution in [2.24, 2.45) is 7.05 Å². The number of aryl methyl sites for hydroxylation is 1. The van der Waals surface area contributed by atoms with Crippen molar-refractivity contribution in [1.29, 1.82) is 0 Å². The summed E-state index contributed by atoms with van der Waals surface area (Å²) in [4.78, 5) is 11.3. The molecule has 0 aliphatic heterocycles. The van der Waals surface area contributed by atoms with Crippen LogP contribution in [-0.4, -0.2) is 23.9 Å². The molecule has 6 nitrogen and oxygen atoms in total. The predicted octanol–water partition coefficient (Wildman–Crippen LogP) is -0.518. The van der Waals surface area contributed by atoms with Crippen molar-refractivity contribution < 1.29 is 0 Å². The van der Waals surface area contributed by atoms with Crippen molar-refractivity contribution in [2.45, 2.75) is 6.54 Å². The number of hydrogen-bond acceptors (Lipinski definition) is 5. The van der Waals surface area contributed by atoms with Crippen LogP contribution in [0.5, 0.6) is 0 Å². The first-order valence-electron chi connectivity index (χ1n) is 3.62. The van der Waals surface area contributed by atoms with E-state index >= 15 is 0 Å². The number of nitrogens with zero attached hydrogens (tertiary/aromatic N) is 5. The van der Waals surface area contributed by atoms with Crippen molar-refractivity contribution in [3.8, 4) is 0 Å². The summed E-state index contributed by atoms with van der Waals surface area (Å²) in [5.74, 6) is 0. The van der Waals surface area contributed by atoms with Gasteiger partial charge in [-0.25, -0.2) is 9.48 Å². The van der Waals surface area contributed by atoms with Gasteiger partial charge in [-0.15, -0.1) is 5.10 Å². The maximum absolute atomic E-state index is 11.3. The van der Waals surface area contributed by atoms with E-state index in [-0.39, 0.29) is 5.69 Å². The van der Waals surface area contributed by atoms with E-state index in [4.69, 9.17) is 0 Å². The highest BCUT2D eigenvalue weighted by molar-refractivity contribution is 7.03. The summed E-state index contributed by atoms with van der Waals surface area (Å²) in [5, 5.41) is 9.51. The molecule has 0 saturated carbocycles. The van der Waals surface area contributed by atoms with Gasteiger partial charge in [0, 0.05) is 12.4 Å². The molecule has 68 valence electrons. The number of aromatic nitrogens is 5. The van der Waals surface area contributed by atoms with E-state index in [0.29, 0.717) is 6.54 Å². The normalized spacial score (nSPS) is 10.5. The Hall–Kier alpha value is -1.50. The third-order valence-corrected chi connectivity index (χ3v) is 2.16. The zero-order valence-electron chi connectivity index (χ0n) is 6.91. The van der Waals surface area contributed by atoms with Crippen LogP contribution >= 0.6 is 11.5 Å². The van der Waals surface area contributed by atoms with Gasteiger partial charge in [-0.1, -0.05) is 4.49 Å². The molecule has 2 heterocycles. The molecule has 0 spiro atoms. The topological polar surface area (TPSA) is 65.6 Å². The second-order valence-electron chi connectivity index (χ2n) is 2.58. The first-order chi connectivity index (χ1) is 6.27. The summed E-state index contributed by atoms with van der Waals surface area (Å²) in [6.07, 6.45) is 1.47. The van der Waals surface area contributed by atoms with Crippen molar-refractivity contribution in [3.63, 3.8) is 0 Å². The molecule has 13 heavy (non-hydrogen) atoms. The average molecular weight is 197 g/mol. The van der Waals surface area contributed by atoms with Crippen LogP contribution in [0.1, 0.15) is 5.69 Å². The minimum absolute atomic E-state index is 0.145. The SMILES string of the molecule is Cn1cnn(Cc2csnn2)c1=O. The average Bonchev–Trinajstić information content (AvgIpc) is 2.71. The molecule has 2 rings (SSSR count). The molecule has 7 heteroatoms. The summed E-state index contributed by atoms with van der Waals surface area (Å²) in [7, 11) is 1.66. The van der Waals surface area contributed by atoms with E-state index in [0.717, 1.165) is 5.69 Å². The third-order valence-electron chi connectivity index (χ3n) is 1.60. The van der Waals surface area contributed by atoms with Crippen LogP contribution in [0.2, 0.25) is 0 Å². The zero-order valence-corrected chi connectivity index (χ0v) is 7.73. The van der Waals surface area contributed by atoms with Gasteiger partial charge < -0.3 is 0 Å². The Balaban J connectivity index is 2.29. The molecule has 0 atom stereocenters. The fourth-order valence-electron chi connectivity index (χ4n) is 0.935. The lowest BCUT2D eigenvalue weighted by Gasteiger charge is -1.92.